The molecule has 2 aliphatic heterocycles. The highest BCUT2D eigenvalue weighted by Gasteiger charge is 2.27. The molecule has 7 rings (SSSR count). The van der Waals surface area contributed by atoms with Crippen molar-refractivity contribution in [3.05, 3.63) is 84.8 Å². The summed E-state index contributed by atoms with van der Waals surface area (Å²) in [6.45, 7) is 9.04. The van der Waals surface area contributed by atoms with Crippen molar-refractivity contribution in [2.45, 2.75) is 25.8 Å². The summed E-state index contributed by atoms with van der Waals surface area (Å²) in [7, 11) is 2.23. The maximum absolute atomic E-state index is 4.98. The molecule has 5 aromatic rings. The predicted molar refractivity (Wildman–Crippen MR) is 169 cm³/mol. The Bertz CT molecular complexity index is 1650. The fourth-order valence-electron chi connectivity index (χ4n) is 6.14. The average Bonchev–Trinajstić information content (AvgIpc) is 3.48. The summed E-state index contributed by atoms with van der Waals surface area (Å²) in [5.74, 6) is 1.36. The number of anilines is 3. The van der Waals surface area contributed by atoms with E-state index in [1.54, 1.807) is 12.4 Å². The van der Waals surface area contributed by atoms with Crippen LogP contribution in [0.15, 0.2) is 79.3 Å². The summed E-state index contributed by atoms with van der Waals surface area (Å²) < 4.78 is 1.91. The first-order chi connectivity index (χ1) is 20.6. The maximum atomic E-state index is 4.98. The fourth-order valence-corrected chi connectivity index (χ4v) is 6.14. The molecule has 9 heteroatoms. The quantitative estimate of drug-likeness (QED) is 0.306. The van der Waals surface area contributed by atoms with E-state index < -0.39 is 0 Å². The number of aryl methyl sites for hydroxylation is 1. The van der Waals surface area contributed by atoms with Crippen molar-refractivity contribution in [2.24, 2.45) is 0 Å². The molecule has 1 N–H and O–H groups in total. The second-order valence-electron chi connectivity index (χ2n) is 11.4. The van der Waals surface area contributed by atoms with E-state index in [1.165, 1.54) is 44.7 Å². The number of aromatic nitrogens is 5. The van der Waals surface area contributed by atoms with Crippen LogP contribution >= 0.6 is 0 Å². The van der Waals surface area contributed by atoms with Gasteiger partial charge >= 0.3 is 0 Å². The predicted octanol–water partition coefficient (Wildman–Crippen LogP) is 5.15. The number of rotatable bonds is 6. The van der Waals surface area contributed by atoms with Crippen LogP contribution in [-0.4, -0.2) is 86.9 Å². The van der Waals surface area contributed by atoms with Crippen LogP contribution in [0, 0.1) is 6.92 Å². The van der Waals surface area contributed by atoms with Crippen molar-refractivity contribution in [1.29, 1.82) is 0 Å². The number of piperidine rings is 1. The van der Waals surface area contributed by atoms with Gasteiger partial charge in [-0.25, -0.2) is 14.6 Å². The molecule has 0 saturated carbocycles. The normalized spacial score (nSPS) is 17.1. The second-order valence-corrected chi connectivity index (χ2v) is 11.4. The van der Waals surface area contributed by atoms with Crippen LogP contribution in [0.25, 0.3) is 28.1 Å². The Morgan fingerprint density at radius 1 is 0.786 bits per heavy atom. The molecule has 2 saturated heterocycles. The Morgan fingerprint density at radius 2 is 1.50 bits per heavy atom. The van der Waals surface area contributed by atoms with Crippen molar-refractivity contribution >= 4 is 28.2 Å². The Morgan fingerprint density at radius 3 is 2.24 bits per heavy atom. The Labute approximate surface area is 246 Å². The molecule has 0 radical (unpaired) electrons. The maximum Gasteiger partial charge on any atom is 0.169 e. The third-order valence-corrected chi connectivity index (χ3v) is 8.74. The van der Waals surface area contributed by atoms with E-state index in [4.69, 9.17) is 15.1 Å². The van der Waals surface area contributed by atoms with Gasteiger partial charge in [0.1, 0.15) is 5.82 Å². The van der Waals surface area contributed by atoms with Gasteiger partial charge in [-0.1, -0.05) is 18.2 Å². The molecule has 0 aliphatic carbocycles. The third-order valence-electron chi connectivity index (χ3n) is 8.74. The van der Waals surface area contributed by atoms with E-state index in [0.29, 0.717) is 11.9 Å². The summed E-state index contributed by atoms with van der Waals surface area (Å²) in [4.78, 5) is 21.7. The topological polar surface area (TPSA) is 78.2 Å². The zero-order valence-corrected chi connectivity index (χ0v) is 24.3. The van der Waals surface area contributed by atoms with E-state index in [1.807, 2.05) is 35.1 Å². The molecule has 0 atom stereocenters. The smallest absolute Gasteiger partial charge is 0.169 e. The summed E-state index contributed by atoms with van der Waals surface area (Å²) in [6.07, 6.45) is 7.83. The number of piperazine rings is 1. The minimum absolute atomic E-state index is 0.627. The number of fused-ring (bicyclic) bond motifs is 1. The highest BCUT2D eigenvalue weighted by atomic mass is 15.3. The number of para-hydroxylation sites is 1. The monoisotopic (exact) mass is 559 g/mol. The van der Waals surface area contributed by atoms with Gasteiger partial charge in [0.15, 0.2) is 11.5 Å². The molecule has 0 unspecified atom stereocenters. The second kappa shape index (κ2) is 11.5. The summed E-state index contributed by atoms with van der Waals surface area (Å²) >= 11 is 0. The first-order valence-corrected chi connectivity index (χ1v) is 14.9. The SMILES string of the molecule is Cc1ccccc1Nc1nc(-c2ccncc2)nc2c1cnn2-c1ccc(N2CCC(N3CCN(C)CC3)CC2)cc1. The van der Waals surface area contributed by atoms with Crippen LogP contribution in [0.4, 0.5) is 17.2 Å². The zero-order chi connectivity index (χ0) is 28.5. The van der Waals surface area contributed by atoms with Crippen LogP contribution < -0.4 is 10.2 Å². The van der Waals surface area contributed by atoms with E-state index in [-0.39, 0.29) is 0 Å². The minimum atomic E-state index is 0.627. The van der Waals surface area contributed by atoms with E-state index >= 15 is 0 Å². The van der Waals surface area contributed by atoms with Gasteiger partial charge in [0, 0.05) is 74.6 Å². The Hall–Kier alpha value is -4.34. The molecule has 0 spiro atoms. The minimum Gasteiger partial charge on any atom is -0.371 e. The Kier molecular flexibility index (Phi) is 7.27. The molecule has 214 valence electrons. The van der Waals surface area contributed by atoms with Crippen LogP contribution in [0.2, 0.25) is 0 Å². The molecule has 2 aromatic carbocycles. The zero-order valence-electron chi connectivity index (χ0n) is 24.3. The van der Waals surface area contributed by atoms with Gasteiger partial charge in [-0.2, -0.15) is 5.10 Å². The molecular formula is C33H37N9. The van der Waals surface area contributed by atoms with Gasteiger partial charge in [-0.05, 0) is 74.8 Å². The van der Waals surface area contributed by atoms with Gasteiger partial charge in [-0.15, -0.1) is 0 Å². The van der Waals surface area contributed by atoms with E-state index in [2.05, 4.69) is 75.4 Å². The standard InChI is InChI=1S/C33H37N9/c1-24-5-3-4-6-30(24)36-32-29-23-35-42(33(29)38-31(37-32)25-11-15-34-16-12-25)28-9-7-26(8-10-28)40-17-13-27(14-18-40)41-21-19-39(2)20-22-41/h3-12,15-16,23,27H,13-14,17-22H2,1-2H3,(H,36,37,38). The first-order valence-electron chi connectivity index (χ1n) is 14.9. The number of nitrogens with one attached hydrogen (secondary N) is 1. The summed E-state index contributed by atoms with van der Waals surface area (Å²) in [5, 5.41) is 9.18. The lowest BCUT2D eigenvalue weighted by Gasteiger charge is -2.42. The largest absolute Gasteiger partial charge is 0.371 e. The molecule has 2 fully saturated rings. The molecule has 2 aliphatic rings. The van der Waals surface area contributed by atoms with Gasteiger partial charge in [0.25, 0.3) is 0 Å². The van der Waals surface area contributed by atoms with Gasteiger partial charge in [0.05, 0.1) is 17.3 Å². The van der Waals surface area contributed by atoms with Crippen LogP contribution in [-0.2, 0) is 0 Å². The molecule has 0 bridgehead atoms. The van der Waals surface area contributed by atoms with Crippen molar-refractivity contribution in [3.8, 4) is 17.1 Å². The van der Waals surface area contributed by atoms with Gasteiger partial charge in [-0.3, -0.25) is 9.88 Å². The highest BCUT2D eigenvalue weighted by Crippen LogP contribution is 2.30. The number of hydrogen-bond donors (Lipinski definition) is 1. The van der Waals surface area contributed by atoms with Crippen molar-refractivity contribution in [1.82, 2.24) is 34.5 Å². The molecule has 3 aromatic heterocycles. The molecular weight excluding hydrogens is 522 g/mol. The summed E-state index contributed by atoms with van der Waals surface area (Å²) in [6, 6.07) is 21.5. The van der Waals surface area contributed by atoms with Crippen molar-refractivity contribution < 1.29 is 0 Å². The lowest BCUT2D eigenvalue weighted by molar-refractivity contribution is 0.0982. The van der Waals surface area contributed by atoms with Crippen LogP contribution in [0.5, 0.6) is 0 Å². The van der Waals surface area contributed by atoms with Gasteiger partial charge in [0.2, 0.25) is 0 Å². The molecule has 0 amide bonds. The first kappa shape index (κ1) is 26.6. The highest BCUT2D eigenvalue weighted by molar-refractivity contribution is 5.91. The molecule has 9 nitrogen and oxygen atoms in total. The third kappa shape index (κ3) is 5.33. The lowest BCUT2D eigenvalue weighted by atomic mass is 10.0. The van der Waals surface area contributed by atoms with Crippen LogP contribution in [0.1, 0.15) is 18.4 Å². The van der Waals surface area contributed by atoms with Crippen molar-refractivity contribution in [3.63, 3.8) is 0 Å². The molecule has 5 heterocycles. The number of likely N-dealkylation sites (N-methyl/N-ethyl adjacent to an activating group) is 1. The summed E-state index contributed by atoms with van der Waals surface area (Å²) in [5.41, 5.74) is 6.05. The number of nitrogens with zero attached hydrogens (tertiary/aromatic N) is 8. The van der Waals surface area contributed by atoms with Crippen molar-refractivity contribution in [2.75, 3.05) is 56.5 Å². The lowest BCUT2D eigenvalue weighted by Crippen LogP contribution is -2.52. The number of hydrogen-bond acceptors (Lipinski definition) is 8. The number of pyridine rings is 1. The Balaban J connectivity index is 1.15. The van der Waals surface area contributed by atoms with E-state index in [9.17, 15) is 0 Å². The van der Waals surface area contributed by atoms with E-state index in [0.717, 1.165) is 52.4 Å². The fraction of sp³-hybridized carbons (Fsp3) is 0.333. The van der Waals surface area contributed by atoms with Crippen LogP contribution in [0.3, 0.4) is 0 Å². The molecule has 42 heavy (non-hydrogen) atoms. The van der Waals surface area contributed by atoms with Gasteiger partial charge < -0.3 is 15.1 Å². The average molecular weight is 560 g/mol. The number of benzene rings is 2.